The summed E-state index contributed by atoms with van der Waals surface area (Å²) in [5, 5.41) is 0. The largest absolute Gasteiger partial charge is 1.00 e. The van der Waals surface area contributed by atoms with E-state index < -0.39 is 93.6 Å². The van der Waals surface area contributed by atoms with Gasteiger partial charge in [-0.15, -0.1) is 0 Å². The van der Waals surface area contributed by atoms with E-state index in [9.17, 15) is 56.9 Å². The predicted octanol–water partition coefficient (Wildman–Crippen LogP) is -5.58. The molecule has 0 saturated heterocycles. The number of hydrogen-bond acceptors (Lipinski definition) is 13. The van der Waals surface area contributed by atoms with Gasteiger partial charge in [0.15, 0.2) is 20.2 Å². The van der Waals surface area contributed by atoms with Crippen molar-refractivity contribution in [2.75, 3.05) is 0 Å². The summed E-state index contributed by atoms with van der Waals surface area (Å²) in [7, 11) is -27.4. The maximum Gasteiger partial charge on any atom is 1.00 e. The summed E-state index contributed by atoms with van der Waals surface area (Å²) in [5.41, 5.74) is -5.17. The Labute approximate surface area is 301 Å². The zero-order chi connectivity index (χ0) is 32.0. The molecule has 0 radical (unpaired) electrons. The van der Waals surface area contributed by atoms with Gasteiger partial charge in [-0.3, -0.25) is 14.1 Å². The number of Topliss-reactive ketones (excluding diaryl/α,β-unsaturated/α-hetero) is 2. The van der Waals surface area contributed by atoms with E-state index in [-0.39, 0.29) is 59.1 Å². The van der Waals surface area contributed by atoms with E-state index >= 15 is 0 Å². The quantitative estimate of drug-likeness (QED) is 0.117. The molecule has 3 aromatic carbocycles. The van der Waals surface area contributed by atoms with Gasteiger partial charge >= 0.3 is 84.0 Å². The molecular formula is C23H16N2Na2O14S4. The number of ketones is 2. The number of para-hydroxylation sites is 1. The third kappa shape index (κ3) is 7.07. The number of carbonyl (C=O) groups is 2. The smallest absolute Gasteiger partial charge is 0.744 e. The molecular weight excluding hydrogens is 703 g/mol. The minimum absolute atomic E-state index is 0. The van der Waals surface area contributed by atoms with Gasteiger partial charge in [-0.05, 0) is 12.1 Å². The normalized spacial score (nSPS) is 15.1. The average molecular weight is 719 g/mol. The first-order valence-electron chi connectivity index (χ1n) is 11.3. The van der Waals surface area contributed by atoms with Crippen LogP contribution in [0.2, 0.25) is 0 Å². The van der Waals surface area contributed by atoms with Crippen LogP contribution >= 0.6 is 0 Å². The molecule has 1 heterocycles. The summed E-state index contributed by atoms with van der Waals surface area (Å²) in [6.07, 6.45) is 0. The summed E-state index contributed by atoms with van der Waals surface area (Å²) in [5.74, 6) is -4.29. The second-order valence-corrected chi connectivity index (χ2v) is 14.3. The van der Waals surface area contributed by atoms with Gasteiger partial charge in [-0.2, -0.15) is 25.4 Å². The molecule has 0 amide bonds. The molecule has 0 bridgehead atoms. The van der Waals surface area contributed by atoms with Gasteiger partial charge in [-0.1, -0.05) is 78.9 Å². The Morgan fingerprint density at radius 3 is 1.27 bits per heavy atom. The Hall–Kier alpha value is -2.18. The van der Waals surface area contributed by atoms with Crippen molar-refractivity contribution in [3.05, 3.63) is 114 Å². The molecule has 1 N–H and O–H groups in total. The van der Waals surface area contributed by atoms with Crippen molar-refractivity contribution in [1.82, 2.24) is 8.61 Å². The van der Waals surface area contributed by atoms with Crippen molar-refractivity contribution in [2.45, 2.75) is 4.33 Å². The van der Waals surface area contributed by atoms with E-state index in [1.807, 2.05) is 0 Å². The zero-order valence-corrected chi connectivity index (χ0v) is 30.2. The van der Waals surface area contributed by atoms with E-state index in [1.165, 1.54) is 54.6 Å². The van der Waals surface area contributed by atoms with Crippen molar-refractivity contribution in [3.63, 3.8) is 0 Å². The van der Waals surface area contributed by atoms with Gasteiger partial charge in [0.2, 0.25) is 11.6 Å². The van der Waals surface area contributed by atoms with E-state index in [1.54, 1.807) is 0 Å². The number of carbonyl (C=O) groups excluding carboxylic acids is 2. The third-order valence-electron chi connectivity index (χ3n) is 5.70. The standard InChI is InChI=1S/C23H18N2O14S4.2Na/c26-21(16-10-4-1-5-11-16)19-20(22(27)17-12-6-2-7-13-17)25(43(37,38)39-18-14-8-3-9-15-18)23(40(28,29)30,41(31,32)33)24(19)42(34,35)36;;/h1-15H,(H,28,29,30)(H,31,32,33)(H,34,35,36);;/q;2*+1/p-2. The van der Waals surface area contributed by atoms with Crippen molar-refractivity contribution in [3.8, 4) is 5.75 Å². The SMILES string of the molecule is O=C(C1=C(C(=O)c2ccccc2)N(S(=O)(=O)Oc2ccccc2)C(S(=O)(=O)[O-])(S(=O)(=O)[O-])N1S(=O)(=O)O)c1ccccc1.[Na+].[Na+]. The Kier molecular flexibility index (Phi) is 12.0. The Bertz CT molecular complexity index is 2050. The molecule has 0 spiro atoms. The summed E-state index contributed by atoms with van der Waals surface area (Å²) in [6.45, 7) is 0. The van der Waals surface area contributed by atoms with Crippen LogP contribution in [0.15, 0.2) is 102 Å². The van der Waals surface area contributed by atoms with Crippen LogP contribution in [0.4, 0.5) is 0 Å². The summed E-state index contributed by atoms with van der Waals surface area (Å²) < 4.78 is 137. The summed E-state index contributed by atoms with van der Waals surface area (Å²) in [4.78, 5) is 27.6. The van der Waals surface area contributed by atoms with E-state index in [0.717, 1.165) is 36.4 Å². The van der Waals surface area contributed by atoms with Crippen LogP contribution in [0.1, 0.15) is 20.7 Å². The fourth-order valence-electron chi connectivity index (χ4n) is 4.09. The topological polar surface area (TPSA) is 253 Å². The fourth-order valence-corrected chi connectivity index (χ4v) is 10.5. The number of hydrogen-bond donors (Lipinski definition) is 1. The maximum absolute atomic E-state index is 13.8. The minimum atomic E-state index is -7.22. The molecule has 0 fully saturated rings. The molecule has 0 unspecified atom stereocenters. The molecule has 0 saturated carbocycles. The molecule has 0 aliphatic carbocycles. The summed E-state index contributed by atoms with van der Waals surface area (Å²) >= 11 is 0. The van der Waals surface area contributed by atoms with Crippen LogP contribution in [0, 0.1) is 0 Å². The second-order valence-electron chi connectivity index (χ2n) is 8.40. The summed E-state index contributed by atoms with van der Waals surface area (Å²) in [6, 6.07) is 16.8. The van der Waals surface area contributed by atoms with Gasteiger partial charge < -0.3 is 13.3 Å². The molecule has 0 aromatic heterocycles. The van der Waals surface area contributed by atoms with Crippen LogP contribution in [0.3, 0.4) is 0 Å². The van der Waals surface area contributed by atoms with Crippen molar-refractivity contribution >= 4 is 52.4 Å². The van der Waals surface area contributed by atoms with Crippen LogP contribution in [0.25, 0.3) is 0 Å². The molecule has 3 aromatic rings. The number of nitrogens with zero attached hydrogens (tertiary/aromatic N) is 2. The Morgan fingerprint density at radius 2 is 0.933 bits per heavy atom. The fraction of sp³-hybridized carbons (Fsp3) is 0.0435. The molecule has 45 heavy (non-hydrogen) atoms. The van der Waals surface area contributed by atoms with Crippen LogP contribution in [-0.2, 0) is 40.8 Å². The van der Waals surface area contributed by atoms with Crippen molar-refractivity contribution in [1.29, 1.82) is 0 Å². The monoisotopic (exact) mass is 718 g/mol. The van der Waals surface area contributed by atoms with E-state index in [4.69, 9.17) is 4.18 Å². The van der Waals surface area contributed by atoms with Gasteiger partial charge in [0, 0.05) is 11.1 Å². The zero-order valence-electron chi connectivity index (χ0n) is 22.9. The van der Waals surface area contributed by atoms with Gasteiger partial charge in [0.1, 0.15) is 17.1 Å². The van der Waals surface area contributed by atoms with Crippen LogP contribution in [0.5, 0.6) is 5.75 Å². The number of allylic oxidation sites excluding steroid dienone is 2. The minimum Gasteiger partial charge on any atom is -0.744 e. The number of rotatable bonds is 10. The molecule has 1 aliphatic rings. The van der Waals surface area contributed by atoms with Crippen molar-refractivity contribution < 1.29 is 120 Å². The van der Waals surface area contributed by atoms with E-state index in [2.05, 4.69) is 0 Å². The Morgan fingerprint density at radius 1 is 0.600 bits per heavy atom. The molecule has 1 aliphatic heterocycles. The molecule has 22 heteroatoms. The van der Waals surface area contributed by atoms with Crippen LogP contribution < -0.4 is 63.3 Å². The Balaban J connectivity index is 0.00000353. The molecule has 4 rings (SSSR count). The van der Waals surface area contributed by atoms with Crippen molar-refractivity contribution in [2.24, 2.45) is 0 Å². The first-order chi connectivity index (χ1) is 19.9. The number of benzene rings is 3. The molecule has 228 valence electrons. The van der Waals surface area contributed by atoms with Gasteiger partial charge in [0.05, 0.1) is 0 Å². The van der Waals surface area contributed by atoms with Crippen LogP contribution in [-0.4, -0.2) is 71.8 Å². The first kappa shape index (κ1) is 39.0. The first-order valence-corrected chi connectivity index (χ1v) is 16.9. The maximum atomic E-state index is 13.8. The molecule has 0 atom stereocenters. The average Bonchev–Trinajstić information content (AvgIpc) is 3.29. The van der Waals surface area contributed by atoms with Gasteiger partial charge in [-0.25, -0.2) is 16.8 Å². The second kappa shape index (κ2) is 13.9. The molecule has 16 nitrogen and oxygen atoms in total. The van der Waals surface area contributed by atoms with Gasteiger partial charge in [0.25, 0.3) is 0 Å². The predicted molar refractivity (Wildman–Crippen MR) is 142 cm³/mol. The third-order valence-corrected chi connectivity index (χ3v) is 11.6. The van der Waals surface area contributed by atoms with E-state index in [0.29, 0.717) is 0 Å².